The minimum absolute atomic E-state index is 0. The Kier molecular flexibility index (Phi) is 13.9. The number of carbonyl (C=O) groups is 3. The third kappa shape index (κ3) is 9.09. The van der Waals surface area contributed by atoms with Crippen LogP contribution in [0.2, 0.25) is 10.0 Å². The van der Waals surface area contributed by atoms with Crippen LogP contribution < -0.4 is 25.6 Å². The van der Waals surface area contributed by atoms with Crippen molar-refractivity contribution in [3.05, 3.63) is 116 Å². The van der Waals surface area contributed by atoms with Crippen molar-refractivity contribution in [2.45, 2.75) is 20.1 Å². The molecule has 4 amide bonds. The number of nitrogens with zero attached hydrogens (tertiary/aromatic N) is 4. The van der Waals surface area contributed by atoms with Gasteiger partial charge in [0, 0.05) is 54.0 Å². The minimum Gasteiger partial charge on any atom is -0.485 e. The monoisotopic (exact) mass is 795 g/mol. The molecule has 5 aromatic rings. The van der Waals surface area contributed by atoms with E-state index in [1.165, 1.54) is 11.0 Å². The van der Waals surface area contributed by atoms with Crippen LogP contribution in [0.3, 0.4) is 0 Å². The van der Waals surface area contributed by atoms with Gasteiger partial charge in [0.25, 0.3) is 5.91 Å². The first-order valence-electron chi connectivity index (χ1n) is 13.9. The molecule has 11 nitrogen and oxygen atoms in total. The van der Waals surface area contributed by atoms with Crippen molar-refractivity contribution in [1.82, 2.24) is 25.0 Å². The van der Waals surface area contributed by atoms with E-state index in [1.54, 1.807) is 61.9 Å². The number of halogens is 5. The Morgan fingerprint density at radius 2 is 1.81 bits per heavy atom. The van der Waals surface area contributed by atoms with Crippen LogP contribution in [0.15, 0.2) is 83.9 Å². The van der Waals surface area contributed by atoms with Gasteiger partial charge in [-0.15, -0.1) is 24.8 Å². The molecule has 3 aromatic heterocycles. The molecule has 0 saturated heterocycles. The van der Waals surface area contributed by atoms with E-state index in [1.807, 2.05) is 29.7 Å². The van der Waals surface area contributed by atoms with Gasteiger partial charge in [0.15, 0.2) is 11.4 Å². The number of pyridine rings is 2. The Balaban J connectivity index is 0.00000312. The first-order valence-corrected chi connectivity index (χ1v) is 15.5. The van der Waals surface area contributed by atoms with Crippen LogP contribution in [0.4, 0.5) is 16.2 Å². The van der Waals surface area contributed by atoms with Crippen LogP contribution in [0.5, 0.6) is 5.75 Å². The molecule has 2 aromatic carbocycles. The van der Waals surface area contributed by atoms with E-state index in [9.17, 15) is 14.4 Å². The van der Waals surface area contributed by atoms with E-state index in [-0.39, 0.29) is 48.9 Å². The number of nitrogens with one attached hydrogen (secondary N) is 3. The predicted octanol–water partition coefficient (Wildman–Crippen LogP) is 7.24. The zero-order valence-electron chi connectivity index (χ0n) is 25.5. The highest BCUT2D eigenvalue weighted by Gasteiger charge is 2.20. The van der Waals surface area contributed by atoms with Crippen LogP contribution in [-0.2, 0) is 17.9 Å². The molecule has 0 aliphatic carbocycles. The number of hydrogen-bond acceptors (Lipinski definition) is 6. The first-order chi connectivity index (χ1) is 22.1. The molecule has 5 rings (SSSR count). The fourth-order valence-electron chi connectivity index (χ4n) is 4.48. The third-order valence-electron chi connectivity index (χ3n) is 6.95. The molecule has 0 aliphatic heterocycles. The average molecular weight is 798 g/mol. The summed E-state index contributed by atoms with van der Waals surface area (Å²) in [6, 6.07) is 16.3. The van der Waals surface area contributed by atoms with Crippen LogP contribution in [0, 0.1) is 6.92 Å². The first kappa shape index (κ1) is 38.4. The summed E-state index contributed by atoms with van der Waals surface area (Å²) in [6.45, 7) is 1.90. The number of likely N-dealkylation sites (N-methyl/N-ethyl adjacent to an activating group) is 1. The SMILES string of the molecule is Cc1nc2c(OCc3c(Cl)ccc(N(C)C(=O)CNC(=O)Nc4cccc(C(=O)NCc5cccnc5)c4)c3Cl)cccn2c1Br.Cl.Cl. The maximum Gasteiger partial charge on any atom is 0.319 e. The van der Waals surface area contributed by atoms with Gasteiger partial charge < -0.3 is 25.6 Å². The lowest BCUT2D eigenvalue weighted by molar-refractivity contribution is -0.117. The van der Waals surface area contributed by atoms with Crippen LogP contribution in [0.25, 0.3) is 5.65 Å². The smallest absolute Gasteiger partial charge is 0.319 e. The van der Waals surface area contributed by atoms with Gasteiger partial charge in [0.1, 0.15) is 11.2 Å². The number of amides is 4. The van der Waals surface area contributed by atoms with Crippen molar-refractivity contribution >= 4 is 98.8 Å². The lowest BCUT2D eigenvalue weighted by Gasteiger charge is -2.21. The summed E-state index contributed by atoms with van der Waals surface area (Å²) < 4.78 is 8.73. The van der Waals surface area contributed by atoms with Gasteiger partial charge in [-0.2, -0.15) is 0 Å². The quantitative estimate of drug-likeness (QED) is 0.137. The Labute approximate surface area is 307 Å². The summed E-state index contributed by atoms with van der Waals surface area (Å²) >= 11 is 16.7. The molecule has 16 heteroatoms. The van der Waals surface area contributed by atoms with Crippen LogP contribution >= 0.6 is 63.9 Å². The number of aromatic nitrogens is 3. The molecule has 3 N–H and O–H groups in total. The fourth-order valence-corrected chi connectivity index (χ4v) is 5.46. The Hall–Kier alpha value is -4.07. The van der Waals surface area contributed by atoms with Crippen molar-refractivity contribution in [3.63, 3.8) is 0 Å². The topological polar surface area (TPSA) is 130 Å². The third-order valence-corrected chi connectivity index (χ3v) is 8.68. The van der Waals surface area contributed by atoms with Crippen molar-refractivity contribution in [1.29, 1.82) is 0 Å². The number of benzene rings is 2. The summed E-state index contributed by atoms with van der Waals surface area (Å²) in [7, 11) is 1.54. The maximum atomic E-state index is 13.0. The van der Waals surface area contributed by atoms with E-state index in [4.69, 9.17) is 27.9 Å². The van der Waals surface area contributed by atoms with Gasteiger partial charge in [-0.25, -0.2) is 9.78 Å². The van der Waals surface area contributed by atoms with E-state index in [0.29, 0.717) is 45.5 Å². The fraction of sp³-hybridized carbons (Fsp3) is 0.156. The summed E-state index contributed by atoms with van der Waals surface area (Å²) in [5.74, 6) is -0.210. The van der Waals surface area contributed by atoms with Crippen molar-refractivity contribution in [2.24, 2.45) is 0 Å². The largest absolute Gasteiger partial charge is 0.485 e. The molecule has 0 radical (unpaired) electrons. The molecule has 0 unspecified atom stereocenters. The van der Waals surface area contributed by atoms with E-state index >= 15 is 0 Å². The molecular formula is C32H30BrCl4N7O4. The highest BCUT2D eigenvalue weighted by molar-refractivity contribution is 9.10. The van der Waals surface area contributed by atoms with Crippen molar-refractivity contribution in [3.8, 4) is 5.75 Å². The lowest BCUT2D eigenvalue weighted by atomic mass is 10.2. The number of anilines is 2. The van der Waals surface area contributed by atoms with Crippen LogP contribution in [0.1, 0.15) is 27.2 Å². The standard InChI is InChI=1S/C32H28BrCl2N7O4.2ClH/c1-19-29(33)42-13-5-9-26(30(42)39-19)46-18-23-24(34)10-11-25(28(23)35)41(2)27(43)17-38-32(45)40-22-8-3-7-21(14-22)31(44)37-16-20-6-4-12-36-15-20;;/h3-15H,16-18H2,1-2H3,(H,37,44)(H2,38,40,45);2*1H. The summed E-state index contributed by atoms with van der Waals surface area (Å²) in [5.41, 5.74) is 3.91. The highest BCUT2D eigenvalue weighted by atomic mass is 79.9. The molecule has 0 spiro atoms. The summed E-state index contributed by atoms with van der Waals surface area (Å²) in [5, 5.41) is 8.59. The number of aryl methyl sites for hydroxylation is 1. The number of ether oxygens (including phenoxy) is 1. The van der Waals surface area contributed by atoms with Gasteiger partial charge in [0.2, 0.25) is 5.91 Å². The lowest BCUT2D eigenvalue weighted by Crippen LogP contribution is -2.40. The Morgan fingerprint density at radius 3 is 2.56 bits per heavy atom. The number of imidazole rings is 1. The molecule has 0 bridgehead atoms. The number of rotatable bonds is 10. The van der Waals surface area contributed by atoms with Crippen molar-refractivity contribution < 1.29 is 19.1 Å². The summed E-state index contributed by atoms with van der Waals surface area (Å²) in [4.78, 5) is 48.1. The van der Waals surface area contributed by atoms with Gasteiger partial charge in [-0.05, 0) is 76.9 Å². The molecule has 48 heavy (non-hydrogen) atoms. The zero-order chi connectivity index (χ0) is 32.8. The second-order valence-corrected chi connectivity index (χ2v) is 11.6. The maximum absolute atomic E-state index is 13.0. The van der Waals surface area contributed by atoms with Gasteiger partial charge in [-0.3, -0.25) is 19.0 Å². The molecular weight excluding hydrogens is 768 g/mol. The molecule has 0 atom stereocenters. The van der Waals surface area contributed by atoms with E-state index in [0.717, 1.165) is 15.9 Å². The molecule has 3 heterocycles. The Bertz CT molecular complexity index is 1930. The number of carbonyl (C=O) groups excluding carboxylic acids is 3. The number of urea groups is 1. The number of hydrogen-bond donors (Lipinski definition) is 3. The van der Waals surface area contributed by atoms with Gasteiger partial charge in [-0.1, -0.05) is 35.3 Å². The molecule has 0 saturated carbocycles. The van der Waals surface area contributed by atoms with E-state index in [2.05, 4.69) is 41.8 Å². The van der Waals surface area contributed by atoms with E-state index < -0.39 is 11.9 Å². The summed E-state index contributed by atoms with van der Waals surface area (Å²) in [6.07, 6.45) is 5.19. The molecule has 0 fully saturated rings. The second kappa shape index (κ2) is 17.4. The van der Waals surface area contributed by atoms with Gasteiger partial charge >= 0.3 is 6.03 Å². The van der Waals surface area contributed by atoms with Crippen molar-refractivity contribution in [2.75, 3.05) is 23.8 Å². The van der Waals surface area contributed by atoms with Crippen LogP contribution in [-0.4, -0.2) is 45.8 Å². The average Bonchev–Trinajstić information content (AvgIpc) is 3.36. The predicted molar refractivity (Wildman–Crippen MR) is 195 cm³/mol. The molecule has 0 aliphatic rings. The second-order valence-electron chi connectivity index (χ2n) is 10.1. The zero-order valence-corrected chi connectivity index (χ0v) is 30.2. The minimum atomic E-state index is -0.624. The number of fused-ring (bicyclic) bond motifs is 1. The van der Waals surface area contributed by atoms with Gasteiger partial charge in [0.05, 0.1) is 22.9 Å². The highest BCUT2D eigenvalue weighted by Crippen LogP contribution is 2.35. The molecule has 252 valence electrons. The Morgan fingerprint density at radius 1 is 1.02 bits per heavy atom. The normalized spacial score (nSPS) is 10.4.